The smallest absolute Gasteiger partial charge is 0.373 e. The van der Waals surface area contributed by atoms with Gasteiger partial charge in [0.15, 0.2) is 0 Å². The summed E-state index contributed by atoms with van der Waals surface area (Å²) in [5.74, 6) is 23.0. The molecule has 0 amide bonds. The molecule has 2 rings (SSSR count). The molecule has 13 heteroatoms. The summed E-state index contributed by atoms with van der Waals surface area (Å²) in [6, 6.07) is 2.30. The SMILES string of the molecule is CC(C)(CC#CC#C[Si](C)(C)C)CC#CC#C[Si](C)(C)C.COc1cc2c(c(C#C[Si](C)(C)C)c1[Si](C)(C)C)CC(C)(C)C2.O=C=O.O=C=O.O=C=O.O=C=O. The van der Waals surface area contributed by atoms with E-state index in [2.05, 4.69) is 170 Å². The predicted octanol–water partition coefficient (Wildman–Crippen LogP) is 6.82. The second-order valence-corrected chi connectivity index (χ2v) is 37.4. The van der Waals surface area contributed by atoms with Gasteiger partial charge in [0.05, 0.1) is 15.2 Å². The van der Waals surface area contributed by atoms with Gasteiger partial charge < -0.3 is 4.74 Å². The molecular formula is C43H60O9Si4. The highest BCUT2D eigenvalue weighted by Gasteiger charge is 2.35. The monoisotopic (exact) mass is 832 g/mol. The molecule has 9 nitrogen and oxygen atoms in total. The fourth-order valence-electron chi connectivity index (χ4n) is 4.62. The van der Waals surface area contributed by atoms with Crippen LogP contribution < -0.4 is 9.92 Å². The Morgan fingerprint density at radius 2 is 0.964 bits per heavy atom. The first-order chi connectivity index (χ1) is 25.4. The van der Waals surface area contributed by atoms with Gasteiger partial charge >= 0.3 is 24.6 Å². The molecule has 0 radical (unpaired) electrons. The van der Waals surface area contributed by atoms with E-state index < -0.39 is 32.3 Å². The molecule has 56 heavy (non-hydrogen) atoms. The van der Waals surface area contributed by atoms with Gasteiger partial charge in [0.2, 0.25) is 0 Å². The highest BCUT2D eigenvalue weighted by molar-refractivity contribution is 6.90. The normalized spacial score (nSPS) is 11.4. The number of benzene rings is 1. The van der Waals surface area contributed by atoms with Crippen LogP contribution in [-0.2, 0) is 51.2 Å². The number of methoxy groups -OCH3 is 1. The summed E-state index contributed by atoms with van der Waals surface area (Å²) in [5.41, 5.74) is 14.8. The molecule has 0 spiro atoms. The quantitative estimate of drug-likeness (QED) is 0.236. The highest BCUT2D eigenvalue weighted by Crippen LogP contribution is 2.40. The number of fused-ring (bicyclic) bond motifs is 1. The van der Waals surface area contributed by atoms with Crippen molar-refractivity contribution in [2.75, 3.05) is 7.11 Å². The fourth-order valence-corrected chi connectivity index (χ4v) is 7.87. The van der Waals surface area contributed by atoms with E-state index in [1.54, 1.807) is 7.11 Å². The Balaban J connectivity index is -0.000000377. The van der Waals surface area contributed by atoms with Crippen LogP contribution in [0.1, 0.15) is 57.2 Å². The summed E-state index contributed by atoms with van der Waals surface area (Å²) in [7, 11) is -3.73. The van der Waals surface area contributed by atoms with Crippen molar-refractivity contribution in [1.29, 1.82) is 0 Å². The third-order valence-corrected chi connectivity index (χ3v) is 11.3. The maximum absolute atomic E-state index is 8.12. The van der Waals surface area contributed by atoms with Crippen molar-refractivity contribution in [3.05, 3.63) is 22.8 Å². The summed E-state index contributed by atoms with van der Waals surface area (Å²) in [6.45, 7) is 36.6. The number of hydrogen-bond donors (Lipinski definition) is 0. The standard InChI is InChI=1S/C20H32OSi2.C19H28Si2.4CO2/c1-20(2)13-15-12-18(21-3)19(23(7,8)9)16(17(15)14-20)10-11-22(4,5)6;1-19(2,15-11-9-13-17-20(3,4)5)16-12-10-14-18-21(6,7)8;4*2-1-3/h12H,13-14H2,1-9H3;15-16H2,1-8H3;;;;. The van der Waals surface area contributed by atoms with E-state index in [1.165, 1.54) is 21.9 Å². The molecule has 0 aliphatic heterocycles. The fraction of sp³-hybridized carbons (Fsp3) is 0.535. The van der Waals surface area contributed by atoms with Crippen molar-refractivity contribution in [3.63, 3.8) is 0 Å². The van der Waals surface area contributed by atoms with Gasteiger partial charge in [-0.1, -0.05) is 124 Å². The van der Waals surface area contributed by atoms with Gasteiger partial charge in [0.25, 0.3) is 0 Å². The van der Waals surface area contributed by atoms with Gasteiger partial charge in [0.1, 0.15) is 30.0 Å². The molecule has 0 unspecified atom stereocenters. The molecule has 0 atom stereocenters. The van der Waals surface area contributed by atoms with Crippen LogP contribution in [0.5, 0.6) is 5.75 Å². The maximum Gasteiger partial charge on any atom is 0.373 e. The zero-order chi connectivity index (χ0) is 45.0. The van der Waals surface area contributed by atoms with Crippen molar-refractivity contribution in [3.8, 4) is 63.8 Å². The van der Waals surface area contributed by atoms with Gasteiger partial charge in [-0.2, -0.15) is 38.4 Å². The average molecular weight is 833 g/mol. The third-order valence-electron chi connectivity index (χ3n) is 6.66. The zero-order valence-electron chi connectivity index (χ0n) is 36.6. The molecule has 1 aliphatic carbocycles. The zero-order valence-corrected chi connectivity index (χ0v) is 40.6. The molecule has 0 aromatic heterocycles. The number of rotatable bonds is 4. The molecule has 1 aromatic rings. The van der Waals surface area contributed by atoms with E-state index in [4.69, 9.17) is 43.1 Å². The Kier molecular flexibility index (Phi) is 28.7. The summed E-state index contributed by atoms with van der Waals surface area (Å²) >= 11 is 0. The third kappa shape index (κ3) is 32.6. The Hall–Kier alpha value is -4.79. The van der Waals surface area contributed by atoms with Crippen LogP contribution in [0.25, 0.3) is 0 Å². The Morgan fingerprint density at radius 1 is 0.607 bits per heavy atom. The summed E-state index contributed by atoms with van der Waals surface area (Å²) in [4.78, 5) is 65.0. The molecule has 302 valence electrons. The summed E-state index contributed by atoms with van der Waals surface area (Å²) in [5, 5.41) is 1.42. The first-order valence-electron chi connectivity index (χ1n) is 17.7. The van der Waals surface area contributed by atoms with Crippen LogP contribution in [0, 0.1) is 68.9 Å². The Morgan fingerprint density at radius 3 is 1.27 bits per heavy atom. The lowest BCUT2D eigenvalue weighted by molar-refractivity contribution is -0.193. The second-order valence-electron chi connectivity index (χ2n) is 18.2. The summed E-state index contributed by atoms with van der Waals surface area (Å²) < 4.78 is 5.82. The first kappa shape index (κ1) is 57.9. The topological polar surface area (TPSA) is 146 Å². The van der Waals surface area contributed by atoms with Crippen LogP contribution in [-0.4, -0.2) is 64.0 Å². The lowest BCUT2D eigenvalue weighted by atomic mass is 9.86. The largest absolute Gasteiger partial charge is 0.497 e. The van der Waals surface area contributed by atoms with E-state index in [1.807, 2.05) is 0 Å². The van der Waals surface area contributed by atoms with Crippen molar-refractivity contribution in [1.82, 2.24) is 0 Å². The lowest BCUT2D eigenvalue weighted by Crippen LogP contribution is -2.41. The second kappa shape index (κ2) is 27.7. The van der Waals surface area contributed by atoms with Crippen LogP contribution in [0.3, 0.4) is 0 Å². The van der Waals surface area contributed by atoms with E-state index in [9.17, 15) is 0 Å². The number of carbonyl (C=O) groups excluding carboxylic acids is 8. The molecule has 0 heterocycles. The van der Waals surface area contributed by atoms with Crippen molar-refractivity contribution in [2.45, 2.75) is 132 Å². The molecule has 1 aromatic carbocycles. The summed E-state index contributed by atoms with van der Waals surface area (Å²) in [6.07, 6.45) is 4.92. The van der Waals surface area contributed by atoms with Crippen LogP contribution in [0.15, 0.2) is 6.07 Å². The van der Waals surface area contributed by atoms with Crippen LogP contribution in [0.4, 0.5) is 0 Å². The van der Waals surface area contributed by atoms with Crippen molar-refractivity contribution in [2.24, 2.45) is 10.8 Å². The minimum Gasteiger partial charge on any atom is -0.497 e. The predicted molar refractivity (Wildman–Crippen MR) is 228 cm³/mol. The van der Waals surface area contributed by atoms with Crippen LogP contribution in [0.2, 0.25) is 78.6 Å². The molecule has 0 bridgehead atoms. The number of hydrogen-bond acceptors (Lipinski definition) is 9. The highest BCUT2D eigenvalue weighted by atomic mass is 28.3. The van der Waals surface area contributed by atoms with Gasteiger partial charge in [-0.15, -0.1) is 16.6 Å². The van der Waals surface area contributed by atoms with Gasteiger partial charge in [-0.25, -0.2) is 0 Å². The molecule has 0 fully saturated rings. The van der Waals surface area contributed by atoms with E-state index in [0.29, 0.717) is 5.41 Å². The van der Waals surface area contributed by atoms with Gasteiger partial charge in [-0.05, 0) is 69.7 Å². The first-order valence-corrected chi connectivity index (χ1v) is 31.7. The lowest BCUT2D eigenvalue weighted by Gasteiger charge is -2.24. The van der Waals surface area contributed by atoms with E-state index >= 15 is 0 Å². The van der Waals surface area contributed by atoms with Gasteiger partial charge in [0, 0.05) is 18.4 Å². The average Bonchev–Trinajstić information content (AvgIpc) is 3.32. The maximum atomic E-state index is 8.12. The van der Waals surface area contributed by atoms with E-state index in [0.717, 1.165) is 31.4 Å². The van der Waals surface area contributed by atoms with Gasteiger partial charge in [-0.3, -0.25) is 0 Å². The molecule has 0 N–H and O–H groups in total. The van der Waals surface area contributed by atoms with E-state index in [-0.39, 0.29) is 30.0 Å². The number of ether oxygens (including phenoxy) is 1. The molecule has 0 saturated heterocycles. The van der Waals surface area contributed by atoms with Crippen molar-refractivity contribution >= 4 is 62.1 Å². The van der Waals surface area contributed by atoms with Crippen molar-refractivity contribution < 1.29 is 43.1 Å². The Labute approximate surface area is 340 Å². The minimum absolute atomic E-state index is 0.0989. The van der Waals surface area contributed by atoms with Crippen LogP contribution >= 0.6 is 0 Å². The molecule has 0 saturated carbocycles. The molecule has 1 aliphatic rings. The molecular weight excluding hydrogens is 773 g/mol. The minimum atomic E-state index is -1.54. The Bertz CT molecular complexity index is 1780.